The molecule has 8 nitrogen and oxygen atoms in total. The van der Waals surface area contributed by atoms with Gasteiger partial charge >= 0.3 is 11.9 Å². The number of cyclic esters (lactones) is 1. The van der Waals surface area contributed by atoms with Crippen molar-refractivity contribution in [2.24, 2.45) is 5.92 Å². The van der Waals surface area contributed by atoms with Crippen LogP contribution in [0.5, 0.6) is 0 Å². The number of ether oxygens (including phenoxy) is 2. The molecule has 0 saturated heterocycles. The number of Topliss-reactive ketones (excluding diaryl/α,β-unsaturated/α-hetero) is 2. The number of hydrogen-bond donors (Lipinski definition) is 2. The van der Waals surface area contributed by atoms with E-state index in [2.05, 4.69) is 0 Å². The van der Waals surface area contributed by atoms with Gasteiger partial charge in [0.2, 0.25) is 5.78 Å². The number of carbonyl (C=O) groups is 4. The summed E-state index contributed by atoms with van der Waals surface area (Å²) >= 11 is 0. The highest BCUT2D eigenvalue weighted by Crippen LogP contribution is 2.44. The number of hydrogen-bond acceptors (Lipinski definition) is 7. The summed E-state index contributed by atoms with van der Waals surface area (Å²) in [6.07, 6.45) is 6.11. The number of ketones is 2. The van der Waals surface area contributed by atoms with Gasteiger partial charge in [0.05, 0.1) is 17.1 Å². The molecule has 0 saturated carbocycles. The van der Waals surface area contributed by atoms with Crippen LogP contribution in [0.3, 0.4) is 0 Å². The topological polar surface area (TPSA) is 127 Å². The van der Waals surface area contributed by atoms with Crippen molar-refractivity contribution >= 4 is 23.5 Å². The van der Waals surface area contributed by atoms with Crippen LogP contribution in [0.2, 0.25) is 0 Å². The van der Waals surface area contributed by atoms with Gasteiger partial charge in [-0.2, -0.15) is 0 Å². The molecule has 3 unspecified atom stereocenters. The molecule has 0 aromatic heterocycles. The fourth-order valence-electron chi connectivity index (χ4n) is 3.96. The van der Waals surface area contributed by atoms with Gasteiger partial charge in [-0.25, -0.2) is 9.59 Å². The standard InChI is InChI=1S/C24H30O8/c1-5-7-8-10-15(25)13-17(24(4)22(29)14(3)23(30)32-24)21-20(28)16(11-12-19(26)27)18(31-21)9-6-2/h5,7,11-12,17,21,29H,6,8-10,13H2,1-4H3,(H,26,27). The first-order valence-electron chi connectivity index (χ1n) is 10.7. The van der Waals surface area contributed by atoms with Gasteiger partial charge in [-0.15, -0.1) is 0 Å². The number of aliphatic hydroxyl groups excluding tert-OH is 1. The van der Waals surface area contributed by atoms with E-state index in [1.807, 2.05) is 26.0 Å². The van der Waals surface area contributed by atoms with Crippen LogP contribution in [0.25, 0.3) is 0 Å². The summed E-state index contributed by atoms with van der Waals surface area (Å²) < 4.78 is 11.4. The quantitative estimate of drug-likeness (QED) is 0.279. The number of esters is 1. The molecule has 2 rings (SSSR count). The molecule has 2 aliphatic heterocycles. The molecule has 2 N–H and O–H groups in total. The molecule has 174 valence electrons. The van der Waals surface area contributed by atoms with E-state index in [4.69, 9.17) is 14.6 Å². The van der Waals surface area contributed by atoms with Crippen molar-refractivity contribution < 1.29 is 38.9 Å². The Kier molecular flexibility index (Phi) is 8.19. The molecule has 0 aromatic rings. The number of carboxylic acids is 1. The fraction of sp³-hybridized carbons (Fsp3) is 0.500. The Labute approximate surface area is 187 Å². The zero-order chi connectivity index (χ0) is 24.1. The Morgan fingerprint density at radius 1 is 1.28 bits per heavy atom. The lowest BCUT2D eigenvalue weighted by Crippen LogP contribution is -2.47. The van der Waals surface area contributed by atoms with E-state index >= 15 is 0 Å². The van der Waals surface area contributed by atoms with Gasteiger partial charge in [0.1, 0.15) is 17.3 Å². The lowest BCUT2D eigenvalue weighted by Gasteiger charge is -2.35. The number of carboxylic acid groups (broad SMARTS) is 1. The minimum absolute atomic E-state index is 0.0112. The fourth-order valence-corrected chi connectivity index (χ4v) is 3.96. The van der Waals surface area contributed by atoms with Gasteiger partial charge in [0.15, 0.2) is 11.7 Å². The summed E-state index contributed by atoms with van der Waals surface area (Å²) in [7, 11) is 0. The van der Waals surface area contributed by atoms with Gasteiger partial charge in [0, 0.05) is 25.3 Å². The molecular weight excluding hydrogens is 416 g/mol. The van der Waals surface area contributed by atoms with E-state index in [-0.39, 0.29) is 35.5 Å². The van der Waals surface area contributed by atoms with Crippen molar-refractivity contribution in [2.45, 2.75) is 71.5 Å². The van der Waals surface area contributed by atoms with Gasteiger partial charge in [-0.05, 0) is 39.7 Å². The first-order chi connectivity index (χ1) is 15.1. The van der Waals surface area contributed by atoms with Crippen molar-refractivity contribution in [3.8, 4) is 0 Å². The molecular formula is C24H30O8. The van der Waals surface area contributed by atoms with Crippen LogP contribution in [0, 0.1) is 5.92 Å². The second-order valence-electron chi connectivity index (χ2n) is 8.09. The average Bonchev–Trinajstić information content (AvgIpc) is 3.13. The third-order valence-corrected chi connectivity index (χ3v) is 5.75. The normalized spacial score (nSPS) is 24.6. The van der Waals surface area contributed by atoms with Crippen molar-refractivity contribution in [1.29, 1.82) is 0 Å². The molecule has 0 radical (unpaired) electrons. The highest BCUT2D eigenvalue weighted by Gasteiger charge is 2.56. The lowest BCUT2D eigenvalue weighted by molar-refractivity contribution is -0.160. The molecule has 3 atom stereocenters. The summed E-state index contributed by atoms with van der Waals surface area (Å²) in [4.78, 5) is 49.1. The predicted molar refractivity (Wildman–Crippen MR) is 116 cm³/mol. The molecule has 0 aromatic carbocycles. The van der Waals surface area contributed by atoms with E-state index in [1.165, 1.54) is 19.9 Å². The van der Waals surface area contributed by atoms with Gasteiger partial charge in [-0.3, -0.25) is 9.59 Å². The Hall–Kier alpha value is -3.16. The van der Waals surface area contributed by atoms with E-state index in [0.717, 1.165) is 6.08 Å². The first kappa shape index (κ1) is 25.1. The van der Waals surface area contributed by atoms with Crippen molar-refractivity contribution in [2.75, 3.05) is 0 Å². The summed E-state index contributed by atoms with van der Waals surface area (Å²) in [5.41, 5.74) is -1.50. The molecule has 32 heavy (non-hydrogen) atoms. The summed E-state index contributed by atoms with van der Waals surface area (Å²) in [5, 5.41) is 19.7. The first-order valence-corrected chi connectivity index (χ1v) is 10.7. The molecule has 8 heteroatoms. The van der Waals surface area contributed by atoms with E-state index in [1.54, 1.807) is 0 Å². The van der Waals surface area contributed by atoms with Crippen molar-refractivity contribution in [3.05, 3.63) is 47.0 Å². The van der Waals surface area contributed by atoms with Crippen LogP contribution >= 0.6 is 0 Å². The number of allylic oxidation sites excluding steroid dienone is 4. The number of aliphatic hydroxyl groups is 1. The van der Waals surface area contributed by atoms with Crippen LogP contribution in [-0.2, 0) is 28.7 Å². The molecule has 0 amide bonds. The summed E-state index contributed by atoms with van der Waals surface area (Å²) in [6, 6.07) is 0. The predicted octanol–water partition coefficient (Wildman–Crippen LogP) is 3.73. The Morgan fingerprint density at radius 2 is 1.97 bits per heavy atom. The molecule has 2 heterocycles. The SMILES string of the molecule is CC=CCCC(=O)CC(C1OC(CCC)=C(C=CC(=O)O)C1=O)C1(C)OC(=O)C(C)=C1O. The number of carbonyl (C=O) groups excluding carboxylic acids is 3. The summed E-state index contributed by atoms with van der Waals surface area (Å²) in [6.45, 7) is 6.60. The van der Waals surface area contributed by atoms with Crippen molar-refractivity contribution in [3.63, 3.8) is 0 Å². The minimum atomic E-state index is -1.62. The maximum atomic E-state index is 13.3. The number of aliphatic carboxylic acids is 1. The molecule has 0 aliphatic carbocycles. The second-order valence-corrected chi connectivity index (χ2v) is 8.09. The zero-order valence-electron chi connectivity index (χ0n) is 18.8. The smallest absolute Gasteiger partial charge is 0.338 e. The molecule has 0 spiro atoms. The van der Waals surface area contributed by atoms with Crippen LogP contribution in [0.4, 0.5) is 0 Å². The lowest BCUT2D eigenvalue weighted by atomic mass is 9.77. The molecule has 0 bridgehead atoms. The van der Waals surface area contributed by atoms with Gasteiger partial charge < -0.3 is 19.7 Å². The molecule has 2 aliphatic rings. The number of rotatable bonds is 11. The largest absolute Gasteiger partial charge is 0.507 e. The average molecular weight is 446 g/mol. The third-order valence-electron chi connectivity index (χ3n) is 5.75. The maximum Gasteiger partial charge on any atom is 0.338 e. The highest BCUT2D eigenvalue weighted by atomic mass is 16.6. The van der Waals surface area contributed by atoms with Gasteiger partial charge in [-0.1, -0.05) is 19.1 Å². The zero-order valence-corrected chi connectivity index (χ0v) is 18.8. The van der Waals surface area contributed by atoms with E-state index in [0.29, 0.717) is 25.0 Å². The van der Waals surface area contributed by atoms with Crippen LogP contribution in [0.1, 0.15) is 59.8 Å². The summed E-state index contributed by atoms with van der Waals surface area (Å²) in [5.74, 6) is -3.63. The Morgan fingerprint density at radius 3 is 2.50 bits per heavy atom. The third kappa shape index (κ3) is 5.18. The second kappa shape index (κ2) is 10.4. The highest BCUT2D eigenvalue weighted by molar-refractivity contribution is 6.05. The van der Waals surface area contributed by atoms with E-state index < -0.39 is 35.3 Å². The monoisotopic (exact) mass is 446 g/mol. The molecule has 0 fully saturated rings. The Balaban J connectivity index is 2.44. The van der Waals surface area contributed by atoms with Crippen LogP contribution in [-0.4, -0.2) is 45.4 Å². The van der Waals surface area contributed by atoms with Gasteiger partial charge in [0.25, 0.3) is 0 Å². The van der Waals surface area contributed by atoms with Crippen LogP contribution < -0.4 is 0 Å². The minimum Gasteiger partial charge on any atom is -0.507 e. The van der Waals surface area contributed by atoms with Crippen LogP contribution in [0.15, 0.2) is 47.0 Å². The van der Waals surface area contributed by atoms with E-state index in [9.17, 15) is 24.3 Å². The van der Waals surface area contributed by atoms with Crippen molar-refractivity contribution in [1.82, 2.24) is 0 Å². The maximum absolute atomic E-state index is 13.3. The Bertz CT molecular complexity index is 920.